The molecule has 1 aromatic carbocycles. The molecule has 0 aliphatic carbocycles. The highest BCUT2D eigenvalue weighted by Gasteiger charge is 2.24. The van der Waals surface area contributed by atoms with Gasteiger partial charge < -0.3 is 10.4 Å². The molecule has 86 valence electrons. The molecule has 1 atom stereocenters. The Morgan fingerprint density at radius 2 is 2.12 bits per heavy atom. The molecule has 0 amide bonds. The predicted octanol–water partition coefficient (Wildman–Crippen LogP) is 2.09. The zero-order valence-corrected chi connectivity index (χ0v) is 8.46. The van der Waals surface area contributed by atoms with E-state index >= 15 is 0 Å². The van der Waals surface area contributed by atoms with Crippen molar-refractivity contribution in [3.8, 4) is 0 Å². The van der Waals surface area contributed by atoms with Gasteiger partial charge in [-0.15, -0.1) is 0 Å². The van der Waals surface area contributed by atoms with Crippen LogP contribution >= 0.6 is 0 Å². The molecule has 3 nitrogen and oxygen atoms in total. The second kappa shape index (κ2) is 4.17. The Bertz CT molecular complexity index is 428. The second-order valence-electron chi connectivity index (χ2n) is 3.78. The van der Waals surface area contributed by atoms with Crippen molar-refractivity contribution >= 4 is 5.97 Å². The SMILES string of the molecule is O=C(O)c1ccc(C2CCCN2)c(F)c1F. The minimum Gasteiger partial charge on any atom is -0.478 e. The highest BCUT2D eigenvalue weighted by molar-refractivity contribution is 5.88. The fraction of sp³-hybridized carbons (Fsp3) is 0.364. The molecule has 1 aliphatic heterocycles. The Morgan fingerprint density at radius 3 is 2.69 bits per heavy atom. The van der Waals surface area contributed by atoms with Crippen LogP contribution in [0, 0.1) is 11.6 Å². The molecule has 5 heteroatoms. The molecule has 0 bridgehead atoms. The van der Waals surface area contributed by atoms with Crippen LogP contribution in [0.25, 0.3) is 0 Å². The Morgan fingerprint density at radius 1 is 1.38 bits per heavy atom. The summed E-state index contributed by atoms with van der Waals surface area (Å²) in [5.41, 5.74) is -0.417. The minimum atomic E-state index is -1.46. The van der Waals surface area contributed by atoms with Gasteiger partial charge in [0.2, 0.25) is 0 Å². The quantitative estimate of drug-likeness (QED) is 0.813. The molecule has 0 spiro atoms. The molecule has 16 heavy (non-hydrogen) atoms. The summed E-state index contributed by atoms with van der Waals surface area (Å²) >= 11 is 0. The highest BCUT2D eigenvalue weighted by atomic mass is 19.2. The molecule has 1 aromatic rings. The van der Waals surface area contributed by atoms with Gasteiger partial charge in [-0.1, -0.05) is 6.07 Å². The number of hydrogen-bond donors (Lipinski definition) is 2. The van der Waals surface area contributed by atoms with Gasteiger partial charge in [0, 0.05) is 11.6 Å². The van der Waals surface area contributed by atoms with E-state index < -0.39 is 23.2 Å². The summed E-state index contributed by atoms with van der Waals surface area (Å²) in [5.74, 6) is -3.79. The summed E-state index contributed by atoms with van der Waals surface area (Å²) < 4.78 is 27.0. The van der Waals surface area contributed by atoms with Crippen molar-refractivity contribution in [2.45, 2.75) is 18.9 Å². The van der Waals surface area contributed by atoms with Gasteiger partial charge in [-0.2, -0.15) is 0 Å². The van der Waals surface area contributed by atoms with E-state index in [0.29, 0.717) is 0 Å². The van der Waals surface area contributed by atoms with Gasteiger partial charge in [0.1, 0.15) is 0 Å². The van der Waals surface area contributed by atoms with Crippen molar-refractivity contribution in [2.75, 3.05) is 6.54 Å². The van der Waals surface area contributed by atoms with Crippen LogP contribution in [0.3, 0.4) is 0 Å². The lowest BCUT2D eigenvalue weighted by atomic mass is 10.0. The summed E-state index contributed by atoms with van der Waals surface area (Å²) in [7, 11) is 0. The summed E-state index contributed by atoms with van der Waals surface area (Å²) in [6.07, 6.45) is 1.65. The lowest BCUT2D eigenvalue weighted by Crippen LogP contribution is -2.16. The zero-order chi connectivity index (χ0) is 11.7. The highest BCUT2D eigenvalue weighted by Crippen LogP contribution is 2.27. The van der Waals surface area contributed by atoms with Crippen LogP contribution in [-0.2, 0) is 0 Å². The first kappa shape index (κ1) is 11.0. The van der Waals surface area contributed by atoms with Crippen LogP contribution in [0.1, 0.15) is 34.8 Å². The number of carboxylic acid groups (broad SMARTS) is 1. The monoisotopic (exact) mass is 227 g/mol. The van der Waals surface area contributed by atoms with Crippen LogP contribution in [0.5, 0.6) is 0 Å². The van der Waals surface area contributed by atoms with E-state index in [1.165, 1.54) is 6.07 Å². The summed E-state index contributed by atoms with van der Waals surface area (Å²) in [4.78, 5) is 10.6. The van der Waals surface area contributed by atoms with Crippen LogP contribution in [0.2, 0.25) is 0 Å². The average molecular weight is 227 g/mol. The molecule has 0 radical (unpaired) electrons. The van der Waals surface area contributed by atoms with Gasteiger partial charge in [0.15, 0.2) is 11.6 Å². The van der Waals surface area contributed by atoms with E-state index in [2.05, 4.69) is 5.32 Å². The van der Waals surface area contributed by atoms with Crippen molar-refractivity contribution in [2.24, 2.45) is 0 Å². The van der Waals surface area contributed by atoms with E-state index in [0.717, 1.165) is 25.5 Å². The number of hydrogen-bond acceptors (Lipinski definition) is 2. The Kier molecular flexibility index (Phi) is 2.87. The van der Waals surface area contributed by atoms with Gasteiger partial charge in [-0.05, 0) is 25.5 Å². The maximum absolute atomic E-state index is 13.6. The van der Waals surface area contributed by atoms with E-state index in [9.17, 15) is 13.6 Å². The van der Waals surface area contributed by atoms with Gasteiger partial charge in [0.25, 0.3) is 0 Å². The molecule has 0 saturated carbocycles. The first-order valence-electron chi connectivity index (χ1n) is 5.06. The van der Waals surface area contributed by atoms with Crippen molar-refractivity contribution in [3.63, 3.8) is 0 Å². The molecule has 1 saturated heterocycles. The molecular formula is C11H11F2NO2. The van der Waals surface area contributed by atoms with Crippen LogP contribution in [0.4, 0.5) is 8.78 Å². The predicted molar refractivity (Wildman–Crippen MR) is 53.3 cm³/mol. The molecule has 0 aromatic heterocycles. The first-order valence-corrected chi connectivity index (χ1v) is 5.06. The normalized spacial score (nSPS) is 20.0. The zero-order valence-electron chi connectivity index (χ0n) is 8.46. The van der Waals surface area contributed by atoms with Gasteiger partial charge in [-0.3, -0.25) is 0 Å². The number of carboxylic acids is 1. The summed E-state index contributed by atoms with van der Waals surface area (Å²) in [6.45, 7) is 0.770. The number of halogens is 2. The lowest BCUT2D eigenvalue weighted by molar-refractivity contribution is 0.0690. The Balaban J connectivity index is 2.41. The fourth-order valence-electron chi connectivity index (χ4n) is 1.95. The lowest BCUT2D eigenvalue weighted by Gasteiger charge is -2.12. The number of rotatable bonds is 2. The standard InChI is InChI=1S/C11H11F2NO2/c12-9-6(8-2-1-5-14-8)3-4-7(10(9)13)11(15)16/h3-4,8,14H,1-2,5H2,(H,15,16). The number of aromatic carboxylic acids is 1. The van der Waals surface area contributed by atoms with Crippen molar-refractivity contribution in [3.05, 3.63) is 34.9 Å². The third-order valence-electron chi connectivity index (χ3n) is 2.78. The van der Waals surface area contributed by atoms with Crippen LogP contribution in [0.15, 0.2) is 12.1 Å². The summed E-state index contributed by atoms with van der Waals surface area (Å²) in [6, 6.07) is 2.23. The fourth-order valence-corrected chi connectivity index (χ4v) is 1.95. The van der Waals surface area contributed by atoms with E-state index in [1.54, 1.807) is 0 Å². The van der Waals surface area contributed by atoms with Gasteiger partial charge in [0.05, 0.1) is 5.56 Å². The Hall–Kier alpha value is -1.49. The first-order chi connectivity index (χ1) is 7.61. The third kappa shape index (κ3) is 1.78. The van der Waals surface area contributed by atoms with E-state index in [1.807, 2.05) is 0 Å². The smallest absolute Gasteiger partial charge is 0.338 e. The largest absolute Gasteiger partial charge is 0.478 e. The average Bonchev–Trinajstić information content (AvgIpc) is 2.74. The molecule has 1 fully saturated rings. The van der Waals surface area contributed by atoms with E-state index in [4.69, 9.17) is 5.11 Å². The maximum Gasteiger partial charge on any atom is 0.338 e. The molecular weight excluding hydrogens is 216 g/mol. The Labute approximate surface area is 91.1 Å². The van der Waals surface area contributed by atoms with Crippen LogP contribution < -0.4 is 5.32 Å². The molecule has 1 unspecified atom stereocenters. The number of benzene rings is 1. The van der Waals surface area contributed by atoms with E-state index in [-0.39, 0.29) is 11.6 Å². The minimum absolute atomic E-state index is 0.208. The maximum atomic E-state index is 13.6. The van der Waals surface area contributed by atoms with Crippen LogP contribution in [-0.4, -0.2) is 17.6 Å². The number of carbonyl (C=O) groups is 1. The van der Waals surface area contributed by atoms with Gasteiger partial charge >= 0.3 is 5.97 Å². The third-order valence-corrected chi connectivity index (χ3v) is 2.78. The van der Waals surface area contributed by atoms with Crippen molar-refractivity contribution in [1.29, 1.82) is 0 Å². The summed E-state index contributed by atoms with van der Waals surface area (Å²) in [5, 5.41) is 11.7. The second-order valence-corrected chi connectivity index (χ2v) is 3.78. The molecule has 2 N–H and O–H groups in total. The topological polar surface area (TPSA) is 49.3 Å². The van der Waals surface area contributed by atoms with Gasteiger partial charge in [-0.25, -0.2) is 13.6 Å². The molecule has 2 rings (SSSR count). The molecule has 1 heterocycles. The van der Waals surface area contributed by atoms with Crippen molar-refractivity contribution < 1.29 is 18.7 Å². The van der Waals surface area contributed by atoms with Crippen molar-refractivity contribution in [1.82, 2.24) is 5.32 Å². The molecule has 1 aliphatic rings. The number of nitrogens with one attached hydrogen (secondary N) is 1.